The van der Waals surface area contributed by atoms with Gasteiger partial charge in [0.05, 0.1) is 30.5 Å². The van der Waals surface area contributed by atoms with Gasteiger partial charge in [-0.05, 0) is 18.1 Å². The number of rotatable bonds is 7. The van der Waals surface area contributed by atoms with E-state index in [2.05, 4.69) is 38.9 Å². The normalized spacial score (nSPS) is 16.5. The van der Waals surface area contributed by atoms with Crippen molar-refractivity contribution in [2.75, 3.05) is 36.9 Å². The number of aromatic nitrogens is 3. The molecule has 2 saturated heterocycles. The van der Waals surface area contributed by atoms with Gasteiger partial charge in [-0.25, -0.2) is 9.97 Å². The molecule has 0 radical (unpaired) electrons. The van der Waals surface area contributed by atoms with E-state index < -0.39 is 0 Å². The Kier molecular flexibility index (Phi) is 5.35. The highest BCUT2D eigenvalue weighted by molar-refractivity contribution is 6.00. The largest absolute Gasteiger partial charge is 0.382 e. The van der Waals surface area contributed by atoms with Crippen LogP contribution in [0.15, 0.2) is 48.9 Å². The molecule has 2 fully saturated rings. The third-order valence-electron chi connectivity index (χ3n) is 6.29. The zero-order valence-electron chi connectivity index (χ0n) is 18.3. The van der Waals surface area contributed by atoms with Gasteiger partial charge in [0.1, 0.15) is 5.69 Å². The van der Waals surface area contributed by atoms with Gasteiger partial charge >= 0.3 is 0 Å². The van der Waals surface area contributed by atoms with Crippen molar-refractivity contribution in [2.24, 2.45) is 5.41 Å². The van der Waals surface area contributed by atoms with Crippen molar-refractivity contribution in [3.05, 3.63) is 65.7 Å². The first-order chi connectivity index (χ1) is 15.6. The average Bonchev–Trinajstić information content (AvgIpc) is 2.74. The Bertz CT molecular complexity index is 1130. The fourth-order valence-electron chi connectivity index (χ4n) is 4.50. The first-order valence-corrected chi connectivity index (χ1v) is 11.1. The maximum absolute atomic E-state index is 13.2. The minimum Gasteiger partial charge on any atom is -0.382 e. The number of hydrogen-bond donors (Lipinski definition) is 1. The molecule has 3 aromatic rings. The summed E-state index contributed by atoms with van der Waals surface area (Å²) in [5.41, 5.74) is 11.3. The number of Topliss-reactive ketones (excluding diaryl/α,β-unsaturated/α-hetero) is 1. The van der Waals surface area contributed by atoms with Crippen molar-refractivity contribution in [1.82, 2.24) is 15.0 Å². The molecule has 1 spiro atoms. The van der Waals surface area contributed by atoms with E-state index in [0.717, 1.165) is 56.0 Å². The van der Waals surface area contributed by atoms with Gasteiger partial charge in [0.25, 0.3) is 0 Å². The summed E-state index contributed by atoms with van der Waals surface area (Å²) in [6, 6.07) is 10.2. The van der Waals surface area contributed by atoms with E-state index >= 15 is 0 Å². The number of carbonyl (C=O) groups excluding carboxylic acids is 1. The summed E-state index contributed by atoms with van der Waals surface area (Å²) in [7, 11) is 0. The molecular formula is C25H27N5O2. The van der Waals surface area contributed by atoms with E-state index in [1.54, 1.807) is 18.6 Å². The molecule has 4 heterocycles. The Morgan fingerprint density at radius 3 is 2.62 bits per heavy atom. The van der Waals surface area contributed by atoms with Crippen LogP contribution in [0, 0.1) is 5.41 Å². The van der Waals surface area contributed by atoms with Crippen molar-refractivity contribution >= 4 is 17.3 Å². The third-order valence-corrected chi connectivity index (χ3v) is 6.29. The van der Waals surface area contributed by atoms with Gasteiger partial charge in [0.15, 0.2) is 11.6 Å². The molecule has 164 valence electrons. The number of anilines is 2. The van der Waals surface area contributed by atoms with E-state index in [1.807, 2.05) is 18.2 Å². The first kappa shape index (κ1) is 20.6. The minimum absolute atomic E-state index is 0.154. The lowest BCUT2D eigenvalue weighted by Crippen LogP contribution is -2.66. The smallest absolute Gasteiger partial charge is 0.189 e. The molecule has 1 aromatic carbocycles. The summed E-state index contributed by atoms with van der Waals surface area (Å²) in [4.78, 5) is 28.6. The number of benzene rings is 1. The number of ketones is 1. The predicted molar refractivity (Wildman–Crippen MR) is 124 cm³/mol. The van der Waals surface area contributed by atoms with Crippen LogP contribution < -0.4 is 10.6 Å². The second-order valence-corrected chi connectivity index (χ2v) is 8.89. The molecule has 0 unspecified atom stereocenters. The van der Waals surface area contributed by atoms with Crippen LogP contribution in [0.2, 0.25) is 0 Å². The highest BCUT2D eigenvalue weighted by atomic mass is 16.5. The second kappa shape index (κ2) is 8.31. The standard InChI is InChI=1S/C25H27N5O2/c1-2-3-17-4-6-18(7-5-17)20-12-28-24(26)23(29-20)22(31)10-19-11-27-9-8-21(19)30-13-25(14-30)15-32-16-25/h4-9,11-12H,2-3,10,13-16H2,1H3,(H2,26,28). The first-order valence-electron chi connectivity index (χ1n) is 11.1. The molecule has 2 aliphatic rings. The van der Waals surface area contributed by atoms with Crippen molar-refractivity contribution in [2.45, 2.75) is 26.2 Å². The van der Waals surface area contributed by atoms with E-state index in [1.165, 1.54) is 5.56 Å². The molecule has 0 amide bonds. The fraction of sp³-hybridized carbons (Fsp3) is 0.360. The Balaban J connectivity index is 1.35. The molecule has 2 aliphatic heterocycles. The van der Waals surface area contributed by atoms with Crippen LogP contribution in [-0.4, -0.2) is 47.0 Å². The van der Waals surface area contributed by atoms with Crippen LogP contribution in [0.5, 0.6) is 0 Å². The van der Waals surface area contributed by atoms with Crippen LogP contribution in [-0.2, 0) is 17.6 Å². The highest BCUT2D eigenvalue weighted by Gasteiger charge is 2.49. The van der Waals surface area contributed by atoms with Gasteiger partial charge in [-0.2, -0.15) is 0 Å². The van der Waals surface area contributed by atoms with Gasteiger partial charge in [0.2, 0.25) is 0 Å². The number of nitrogens with zero attached hydrogens (tertiary/aromatic N) is 4. The molecular weight excluding hydrogens is 402 g/mol. The zero-order chi connectivity index (χ0) is 22.1. The fourth-order valence-corrected chi connectivity index (χ4v) is 4.50. The van der Waals surface area contributed by atoms with E-state index in [-0.39, 0.29) is 23.7 Å². The molecule has 0 bridgehead atoms. The lowest BCUT2D eigenvalue weighted by Gasteiger charge is -2.56. The van der Waals surface area contributed by atoms with Crippen LogP contribution in [0.3, 0.4) is 0 Å². The van der Waals surface area contributed by atoms with Crippen LogP contribution in [0.4, 0.5) is 11.5 Å². The maximum atomic E-state index is 13.2. The molecule has 2 aromatic heterocycles. The van der Waals surface area contributed by atoms with Crippen LogP contribution in [0.25, 0.3) is 11.3 Å². The number of pyridine rings is 1. The van der Waals surface area contributed by atoms with Crippen LogP contribution >= 0.6 is 0 Å². The quantitative estimate of drug-likeness (QED) is 0.576. The monoisotopic (exact) mass is 429 g/mol. The number of hydrogen-bond acceptors (Lipinski definition) is 7. The van der Waals surface area contributed by atoms with Gasteiger partial charge in [-0.3, -0.25) is 9.78 Å². The van der Waals surface area contributed by atoms with E-state index in [0.29, 0.717) is 11.1 Å². The topological polar surface area (TPSA) is 94.2 Å². The highest BCUT2D eigenvalue weighted by Crippen LogP contribution is 2.41. The number of aryl methyl sites for hydroxylation is 1. The average molecular weight is 430 g/mol. The van der Waals surface area contributed by atoms with Crippen LogP contribution in [0.1, 0.15) is 35.0 Å². The molecule has 5 rings (SSSR count). The molecule has 0 aliphatic carbocycles. The molecule has 7 nitrogen and oxygen atoms in total. The van der Waals surface area contributed by atoms with Crippen molar-refractivity contribution in [3.63, 3.8) is 0 Å². The lowest BCUT2D eigenvalue weighted by atomic mass is 9.77. The lowest BCUT2D eigenvalue weighted by molar-refractivity contribution is -0.127. The molecule has 0 atom stereocenters. The van der Waals surface area contributed by atoms with Crippen molar-refractivity contribution in [3.8, 4) is 11.3 Å². The summed E-state index contributed by atoms with van der Waals surface area (Å²) in [6.45, 7) is 5.70. The SMILES string of the molecule is CCCc1ccc(-c2cnc(N)c(C(=O)Cc3cnccc3N3CC4(COC4)C3)n2)cc1. The van der Waals surface area contributed by atoms with Gasteiger partial charge in [-0.15, -0.1) is 0 Å². The Morgan fingerprint density at radius 1 is 1.16 bits per heavy atom. The van der Waals surface area contributed by atoms with E-state index in [4.69, 9.17) is 10.5 Å². The number of nitrogens with two attached hydrogens (primary N) is 1. The van der Waals surface area contributed by atoms with Gasteiger partial charge in [-0.1, -0.05) is 37.6 Å². The predicted octanol–water partition coefficient (Wildman–Crippen LogP) is 3.34. The molecule has 32 heavy (non-hydrogen) atoms. The van der Waals surface area contributed by atoms with Crippen molar-refractivity contribution < 1.29 is 9.53 Å². The van der Waals surface area contributed by atoms with Gasteiger partial charge in [0, 0.05) is 48.7 Å². The number of nitrogen functional groups attached to an aromatic ring is 1. The summed E-state index contributed by atoms with van der Waals surface area (Å²) < 4.78 is 5.37. The third kappa shape index (κ3) is 3.84. The Morgan fingerprint density at radius 2 is 1.94 bits per heavy atom. The summed E-state index contributed by atoms with van der Waals surface area (Å²) in [5.74, 6) is -0.00256. The molecule has 0 saturated carbocycles. The number of carbonyl (C=O) groups is 1. The maximum Gasteiger partial charge on any atom is 0.189 e. The molecule has 2 N–H and O–H groups in total. The minimum atomic E-state index is -0.157. The zero-order valence-corrected chi connectivity index (χ0v) is 18.3. The number of ether oxygens (including phenoxy) is 1. The summed E-state index contributed by atoms with van der Waals surface area (Å²) in [6.07, 6.45) is 7.47. The summed E-state index contributed by atoms with van der Waals surface area (Å²) in [5, 5.41) is 0. The summed E-state index contributed by atoms with van der Waals surface area (Å²) >= 11 is 0. The van der Waals surface area contributed by atoms with Crippen molar-refractivity contribution in [1.29, 1.82) is 0 Å². The Hall–Kier alpha value is -3.32. The van der Waals surface area contributed by atoms with E-state index in [9.17, 15) is 4.79 Å². The molecule has 7 heteroatoms. The Labute approximate surface area is 187 Å². The van der Waals surface area contributed by atoms with Gasteiger partial charge < -0.3 is 15.4 Å². The second-order valence-electron chi connectivity index (χ2n) is 8.89.